The summed E-state index contributed by atoms with van der Waals surface area (Å²) in [5.41, 5.74) is 0.916. The standard InChI is InChI=1S/C23H37BN2O3/c1-17(2)20(16-26-14-8-9-15-26)25(7)21(27)18-10-12-19(13-11-18)24-28-22(3,4)23(5,6)29-24/h10-13,17,20H,8-9,14-16H2,1-7H3/t20-/m1/s1. The average Bonchev–Trinajstić information content (AvgIpc) is 3.24. The molecule has 0 aromatic heterocycles. The van der Waals surface area contributed by atoms with Crippen molar-refractivity contribution in [1.82, 2.24) is 9.80 Å². The van der Waals surface area contributed by atoms with E-state index in [0.29, 0.717) is 11.5 Å². The number of benzene rings is 1. The monoisotopic (exact) mass is 400 g/mol. The number of hydrogen-bond acceptors (Lipinski definition) is 4. The van der Waals surface area contributed by atoms with Crippen molar-refractivity contribution in [3.8, 4) is 0 Å². The number of amides is 1. The van der Waals surface area contributed by atoms with Crippen LogP contribution in [0, 0.1) is 5.92 Å². The summed E-state index contributed by atoms with van der Waals surface area (Å²) in [5, 5.41) is 0. The van der Waals surface area contributed by atoms with E-state index in [9.17, 15) is 4.79 Å². The van der Waals surface area contributed by atoms with Crippen LogP contribution >= 0.6 is 0 Å². The second kappa shape index (κ2) is 8.40. The Morgan fingerprint density at radius 2 is 1.59 bits per heavy atom. The predicted molar refractivity (Wildman–Crippen MR) is 119 cm³/mol. The van der Waals surface area contributed by atoms with Gasteiger partial charge < -0.3 is 19.1 Å². The molecule has 2 aliphatic heterocycles. The summed E-state index contributed by atoms with van der Waals surface area (Å²) in [6.45, 7) is 15.8. The van der Waals surface area contributed by atoms with Crippen molar-refractivity contribution in [3.05, 3.63) is 29.8 Å². The van der Waals surface area contributed by atoms with E-state index in [0.717, 1.165) is 25.1 Å². The van der Waals surface area contributed by atoms with Crippen LogP contribution in [0.5, 0.6) is 0 Å². The zero-order valence-corrected chi connectivity index (χ0v) is 19.2. The van der Waals surface area contributed by atoms with Crippen LogP contribution in [-0.4, -0.2) is 66.8 Å². The first kappa shape index (κ1) is 22.3. The smallest absolute Gasteiger partial charge is 0.399 e. The fourth-order valence-electron chi connectivity index (χ4n) is 4.13. The molecule has 2 heterocycles. The van der Waals surface area contributed by atoms with Gasteiger partial charge >= 0.3 is 7.12 Å². The number of nitrogens with zero attached hydrogens (tertiary/aromatic N) is 2. The molecule has 0 saturated carbocycles. The van der Waals surface area contributed by atoms with Gasteiger partial charge in [-0.15, -0.1) is 0 Å². The maximum absolute atomic E-state index is 13.1. The molecule has 29 heavy (non-hydrogen) atoms. The highest BCUT2D eigenvalue weighted by molar-refractivity contribution is 6.62. The lowest BCUT2D eigenvalue weighted by atomic mass is 9.79. The zero-order valence-electron chi connectivity index (χ0n) is 19.2. The molecule has 0 radical (unpaired) electrons. The summed E-state index contributed by atoms with van der Waals surface area (Å²) in [5.74, 6) is 0.483. The molecule has 3 rings (SSSR count). The minimum atomic E-state index is -0.402. The number of likely N-dealkylation sites (tertiary alicyclic amines) is 1. The third kappa shape index (κ3) is 4.70. The normalized spacial score (nSPS) is 22.3. The summed E-state index contributed by atoms with van der Waals surface area (Å²) >= 11 is 0. The Kier molecular flexibility index (Phi) is 6.47. The van der Waals surface area contributed by atoms with Gasteiger partial charge in [-0.05, 0) is 77.1 Å². The summed E-state index contributed by atoms with van der Waals surface area (Å²) in [6.07, 6.45) is 2.53. The van der Waals surface area contributed by atoms with Gasteiger partial charge in [0.25, 0.3) is 5.91 Å². The van der Waals surface area contributed by atoms with Gasteiger partial charge in [-0.25, -0.2) is 0 Å². The fraction of sp³-hybridized carbons (Fsp3) is 0.696. The Hall–Kier alpha value is -1.37. The van der Waals surface area contributed by atoms with Crippen LogP contribution in [0.15, 0.2) is 24.3 Å². The Bertz CT molecular complexity index is 695. The van der Waals surface area contributed by atoms with E-state index in [2.05, 4.69) is 18.7 Å². The summed E-state index contributed by atoms with van der Waals surface area (Å²) < 4.78 is 12.2. The van der Waals surface area contributed by atoms with Crippen molar-refractivity contribution in [2.24, 2.45) is 5.92 Å². The van der Waals surface area contributed by atoms with Crippen molar-refractivity contribution in [2.45, 2.75) is 71.6 Å². The van der Waals surface area contributed by atoms with Crippen molar-refractivity contribution >= 4 is 18.5 Å². The molecule has 2 saturated heterocycles. The Balaban J connectivity index is 1.69. The zero-order chi connectivity index (χ0) is 21.4. The molecule has 0 spiro atoms. The predicted octanol–water partition coefficient (Wildman–Crippen LogP) is 3.18. The van der Waals surface area contributed by atoms with E-state index in [4.69, 9.17) is 9.31 Å². The number of rotatable bonds is 6. The molecule has 6 heteroatoms. The topological polar surface area (TPSA) is 42.0 Å². The van der Waals surface area contributed by atoms with Gasteiger partial charge in [-0.3, -0.25) is 4.79 Å². The van der Waals surface area contributed by atoms with Gasteiger partial charge in [0, 0.05) is 25.2 Å². The molecule has 160 valence electrons. The van der Waals surface area contributed by atoms with Crippen LogP contribution in [0.3, 0.4) is 0 Å². The molecule has 0 unspecified atom stereocenters. The molecule has 1 aromatic carbocycles. The van der Waals surface area contributed by atoms with Crippen LogP contribution in [0.2, 0.25) is 0 Å². The van der Waals surface area contributed by atoms with Gasteiger partial charge in [-0.1, -0.05) is 26.0 Å². The highest BCUT2D eigenvalue weighted by Gasteiger charge is 2.51. The molecule has 0 aliphatic carbocycles. The second-order valence-corrected chi connectivity index (χ2v) is 9.95. The third-order valence-corrected chi connectivity index (χ3v) is 6.91. The first-order chi connectivity index (χ1) is 13.5. The lowest BCUT2D eigenvalue weighted by molar-refractivity contribution is 0.00578. The summed E-state index contributed by atoms with van der Waals surface area (Å²) in [4.78, 5) is 17.6. The fourth-order valence-corrected chi connectivity index (χ4v) is 4.13. The van der Waals surface area contributed by atoms with Crippen LogP contribution in [-0.2, 0) is 9.31 Å². The van der Waals surface area contributed by atoms with Crippen molar-refractivity contribution in [2.75, 3.05) is 26.7 Å². The quantitative estimate of drug-likeness (QED) is 0.688. The van der Waals surface area contributed by atoms with Crippen LogP contribution in [0.1, 0.15) is 64.7 Å². The van der Waals surface area contributed by atoms with E-state index < -0.39 is 7.12 Å². The van der Waals surface area contributed by atoms with Gasteiger partial charge in [0.05, 0.1) is 11.2 Å². The highest BCUT2D eigenvalue weighted by Crippen LogP contribution is 2.36. The van der Waals surface area contributed by atoms with E-state index in [1.54, 1.807) is 0 Å². The summed E-state index contributed by atoms with van der Waals surface area (Å²) in [7, 11) is 1.53. The number of hydrogen-bond donors (Lipinski definition) is 0. The van der Waals surface area contributed by atoms with E-state index in [1.165, 1.54) is 12.8 Å². The van der Waals surface area contributed by atoms with Crippen LogP contribution in [0.4, 0.5) is 0 Å². The van der Waals surface area contributed by atoms with Gasteiger partial charge in [-0.2, -0.15) is 0 Å². The minimum Gasteiger partial charge on any atom is -0.399 e. The largest absolute Gasteiger partial charge is 0.494 e. The first-order valence-electron chi connectivity index (χ1n) is 11.0. The van der Waals surface area contributed by atoms with Gasteiger partial charge in [0.2, 0.25) is 0 Å². The summed E-state index contributed by atoms with van der Waals surface area (Å²) in [6, 6.07) is 7.91. The third-order valence-electron chi connectivity index (χ3n) is 6.91. The number of carbonyl (C=O) groups is 1. The lowest BCUT2D eigenvalue weighted by Gasteiger charge is -2.34. The first-order valence-corrected chi connectivity index (χ1v) is 11.0. The van der Waals surface area contributed by atoms with Crippen molar-refractivity contribution < 1.29 is 14.1 Å². The van der Waals surface area contributed by atoms with Crippen LogP contribution in [0.25, 0.3) is 0 Å². The molecule has 1 aromatic rings. The van der Waals surface area contributed by atoms with E-state index in [1.807, 2.05) is 63.9 Å². The molecular formula is C23H37BN2O3. The molecule has 0 bridgehead atoms. The number of carbonyl (C=O) groups excluding carboxylic acids is 1. The minimum absolute atomic E-state index is 0.0726. The van der Waals surface area contributed by atoms with Crippen molar-refractivity contribution in [1.29, 1.82) is 0 Å². The van der Waals surface area contributed by atoms with Gasteiger partial charge in [0.1, 0.15) is 0 Å². The SMILES string of the molecule is CC(C)[C@@H](CN1CCCC1)N(C)C(=O)c1ccc(B2OC(C)(C)C(C)(C)O2)cc1. The van der Waals surface area contributed by atoms with E-state index in [-0.39, 0.29) is 23.2 Å². The lowest BCUT2D eigenvalue weighted by Crippen LogP contribution is -2.47. The highest BCUT2D eigenvalue weighted by atomic mass is 16.7. The maximum atomic E-state index is 13.1. The Morgan fingerprint density at radius 1 is 1.07 bits per heavy atom. The molecule has 2 fully saturated rings. The van der Waals surface area contributed by atoms with E-state index >= 15 is 0 Å². The van der Waals surface area contributed by atoms with Gasteiger partial charge in [0.15, 0.2) is 0 Å². The molecule has 2 aliphatic rings. The Morgan fingerprint density at radius 3 is 2.07 bits per heavy atom. The second-order valence-electron chi connectivity index (χ2n) is 9.95. The average molecular weight is 400 g/mol. The molecule has 5 nitrogen and oxygen atoms in total. The maximum Gasteiger partial charge on any atom is 0.494 e. The molecule has 0 N–H and O–H groups in total. The Labute approximate surface area is 176 Å². The van der Waals surface area contributed by atoms with Crippen LogP contribution < -0.4 is 5.46 Å². The molecule has 1 amide bonds. The molecule has 1 atom stereocenters. The number of likely N-dealkylation sites (N-methyl/N-ethyl adjacent to an activating group) is 1. The van der Waals surface area contributed by atoms with Crippen molar-refractivity contribution in [3.63, 3.8) is 0 Å². The molecular weight excluding hydrogens is 363 g/mol.